The molecule has 10 heteroatoms. The zero-order chi connectivity index (χ0) is 21.7. The Balaban J connectivity index is 2.00. The van der Waals surface area contributed by atoms with Crippen LogP contribution in [-0.4, -0.2) is 44.0 Å². The highest BCUT2D eigenvalue weighted by Gasteiger charge is 2.29. The van der Waals surface area contributed by atoms with Crippen molar-refractivity contribution in [2.75, 3.05) is 18.0 Å². The molecule has 30 heavy (non-hydrogen) atoms. The summed E-state index contributed by atoms with van der Waals surface area (Å²) in [5, 5.41) is 0.258. The Morgan fingerprint density at radius 1 is 1.17 bits per heavy atom. The van der Waals surface area contributed by atoms with Crippen molar-refractivity contribution in [3.63, 3.8) is 0 Å². The molecule has 0 N–H and O–H groups in total. The van der Waals surface area contributed by atoms with Gasteiger partial charge in [0, 0.05) is 37.8 Å². The Hall–Kier alpha value is -2.65. The number of aryl methyl sites for hydroxylation is 1. The summed E-state index contributed by atoms with van der Waals surface area (Å²) in [5.74, 6) is 0.00489. The second kappa shape index (κ2) is 7.55. The van der Waals surface area contributed by atoms with Crippen molar-refractivity contribution in [2.45, 2.75) is 32.6 Å². The number of benzene rings is 1. The van der Waals surface area contributed by atoms with E-state index < -0.39 is 17.1 Å². The lowest BCUT2D eigenvalue weighted by Gasteiger charge is -2.36. The topological polar surface area (TPSA) is 74.3 Å². The van der Waals surface area contributed by atoms with Crippen LogP contribution in [0.1, 0.15) is 19.4 Å². The molecule has 4 rings (SSSR count). The third-order valence-electron chi connectivity index (χ3n) is 5.41. The summed E-state index contributed by atoms with van der Waals surface area (Å²) < 4.78 is 24.4. The molecule has 0 radical (unpaired) electrons. The van der Waals surface area contributed by atoms with Gasteiger partial charge in [-0.2, -0.15) is 4.98 Å². The number of ether oxygens (including phenoxy) is 1. The number of hydrogen-bond donors (Lipinski definition) is 0. The van der Waals surface area contributed by atoms with E-state index in [1.807, 2.05) is 18.7 Å². The standard InChI is InChI=1S/C20H23ClFN5O3/c1-11-8-26(9-12(2)30-11)19-23-17-16(18(28)25(4)20(29)24(17)3)27(19)10-13-14(21)6-5-7-15(13)22/h5-7,11-12H,8-10H2,1-4H3/t11-,12-/m1/s1. The molecule has 1 saturated heterocycles. The molecule has 2 aromatic heterocycles. The fourth-order valence-corrected chi connectivity index (χ4v) is 4.23. The minimum absolute atomic E-state index is 0.00486. The second-order valence-corrected chi connectivity index (χ2v) is 8.15. The third kappa shape index (κ3) is 3.31. The van der Waals surface area contributed by atoms with Crippen LogP contribution in [0.25, 0.3) is 11.2 Å². The van der Waals surface area contributed by atoms with Gasteiger partial charge in [0.05, 0.1) is 18.8 Å². The molecule has 160 valence electrons. The Morgan fingerprint density at radius 2 is 1.83 bits per heavy atom. The molecule has 0 unspecified atom stereocenters. The minimum atomic E-state index is -0.492. The molecule has 1 aromatic carbocycles. The minimum Gasteiger partial charge on any atom is -0.372 e. The smallest absolute Gasteiger partial charge is 0.332 e. The predicted octanol–water partition coefficient (Wildman–Crippen LogP) is 1.89. The largest absolute Gasteiger partial charge is 0.372 e. The molecular weight excluding hydrogens is 413 g/mol. The first-order chi connectivity index (χ1) is 14.2. The molecule has 1 aliphatic heterocycles. The van der Waals surface area contributed by atoms with Crippen molar-refractivity contribution in [3.8, 4) is 0 Å². The van der Waals surface area contributed by atoms with Crippen LogP contribution in [0.5, 0.6) is 0 Å². The Bertz CT molecular complexity index is 1220. The highest BCUT2D eigenvalue weighted by Crippen LogP contribution is 2.27. The van der Waals surface area contributed by atoms with Crippen LogP contribution < -0.4 is 16.1 Å². The number of morpholine rings is 1. The maximum atomic E-state index is 14.6. The second-order valence-electron chi connectivity index (χ2n) is 7.74. The molecule has 3 heterocycles. The number of aromatic nitrogens is 4. The summed E-state index contributed by atoms with van der Waals surface area (Å²) in [6.45, 7) is 5.01. The lowest BCUT2D eigenvalue weighted by molar-refractivity contribution is -0.00586. The highest BCUT2D eigenvalue weighted by atomic mass is 35.5. The average molecular weight is 436 g/mol. The van der Waals surface area contributed by atoms with E-state index in [1.165, 1.54) is 23.7 Å². The van der Waals surface area contributed by atoms with Gasteiger partial charge in [-0.3, -0.25) is 18.5 Å². The van der Waals surface area contributed by atoms with Crippen LogP contribution in [-0.2, 0) is 25.4 Å². The normalized spacial score (nSPS) is 19.6. The van der Waals surface area contributed by atoms with E-state index in [0.29, 0.717) is 19.0 Å². The van der Waals surface area contributed by atoms with Crippen molar-refractivity contribution in [1.29, 1.82) is 0 Å². The Morgan fingerprint density at radius 3 is 2.47 bits per heavy atom. The summed E-state index contributed by atoms with van der Waals surface area (Å²) >= 11 is 6.26. The molecule has 2 atom stereocenters. The number of imidazole rings is 1. The van der Waals surface area contributed by atoms with Crippen molar-refractivity contribution in [3.05, 3.63) is 55.4 Å². The van der Waals surface area contributed by atoms with Crippen molar-refractivity contribution >= 4 is 28.7 Å². The number of hydrogen-bond acceptors (Lipinski definition) is 5. The van der Waals surface area contributed by atoms with E-state index in [1.54, 1.807) is 17.7 Å². The number of halogens is 2. The number of rotatable bonds is 3. The zero-order valence-corrected chi connectivity index (χ0v) is 18.0. The quantitative estimate of drug-likeness (QED) is 0.628. The van der Waals surface area contributed by atoms with Gasteiger partial charge >= 0.3 is 5.69 Å². The van der Waals surface area contributed by atoms with Crippen LogP contribution in [0.3, 0.4) is 0 Å². The van der Waals surface area contributed by atoms with Crippen molar-refractivity contribution in [2.24, 2.45) is 14.1 Å². The first-order valence-corrected chi connectivity index (χ1v) is 10.1. The summed E-state index contributed by atoms with van der Waals surface area (Å²) in [7, 11) is 2.97. The molecule has 1 aliphatic rings. The van der Waals surface area contributed by atoms with E-state index in [2.05, 4.69) is 4.98 Å². The van der Waals surface area contributed by atoms with Gasteiger partial charge in [0.1, 0.15) is 5.82 Å². The van der Waals surface area contributed by atoms with Crippen molar-refractivity contribution in [1.82, 2.24) is 18.7 Å². The average Bonchev–Trinajstić information content (AvgIpc) is 3.06. The first-order valence-electron chi connectivity index (χ1n) is 9.68. The van der Waals surface area contributed by atoms with E-state index in [4.69, 9.17) is 16.3 Å². The molecule has 0 saturated carbocycles. The predicted molar refractivity (Wildman–Crippen MR) is 113 cm³/mol. The van der Waals surface area contributed by atoms with Gasteiger partial charge in [0.2, 0.25) is 5.95 Å². The van der Waals surface area contributed by atoms with Crippen molar-refractivity contribution < 1.29 is 9.13 Å². The van der Waals surface area contributed by atoms with Crippen LogP contribution >= 0.6 is 11.6 Å². The van der Waals surface area contributed by atoms with E-state index >= 15 is 0 Å². The number of fused-ring (bicyclic) bond motifs is 1. The summed E-state index contributed by atoms with van der Waals surface area (Å²) in [4.78, 5) is 32.1. The summed E-state index contributed by atoms with van der Waals surface area (Å²) in [6.07, 6.45) is -0.101. The van der Waals surface area contributed by atoms with E-state index in [-0.39, 0.29) is 40.5 Å². The van der Waals surface area contributed by atoms with Crippen LogP contribution in [0, 0.1) is 5.82 Å². The number of anilines is 1. The molecule has 0 amide bonds. The molecule has 0 aliphatic carbocycles. The molecular formula is C20H23ClFN5O3. The van der Waals surface area contributed by atoms with Gasteiger partial charge in [-0.25, -0.2) is 9.18 Å². The molecule has 8 nitrogen and oxygen atoms in total. The molecule has 0 spiro atoms. The first kappa shape index (κ1) is 20.6. The number of nitrogens with zero attached hydrogens (tertiary/aromatic N) is 5. The van der Waals surface area contributed by atoms with Crippen LogP contribution in [0.15, 0.2) is 27.8 Å². The van der Waals surface area contributed by atoms with Gasteiger partial charge in [-0.05, 0) is 26.0 Å². The maximum Gasteiger partial charge on any atom is 0.332 e. The lowest BCUT2D eigenvalue weighted by atomic mass is 10.2. The molecule has 1 fully saturated rings. The Labute approximate surface area is 177 Å². The zero-order valence-electron chi connectivity index (χ0n) is 17.2. The summed E-state index contributed by atoms with van der Waals surface area (Å²) in [6, 6.07) is 4.46. The fraction of sp³-hybridized carbons (Fsp3) is 0.450. The highest BCUT2D eigenvalue weighted by molar-refractivity contribution is 6.31. The van der Waals surface area contributed by atoms with Gasteiger partial charge < -0.3 is 9.64 Å². The third-order valence-corrected chi connectivity index (χ3v) is 5.76. The van der Waals surface area contributed by atoms with E-state index in [0.717, 1.165) is 4.57 Å². The van der Waals surface area contributed by atoms with Gasteiger partial charge in [0.15, 0.2) is 11.2 Å². The fourth-order valence-electron chi connectivity index (χ4n) is 4.01. The molecule has 0 bridgehead atoms. The van der Waals surface area contributed by atoms with E-state index in [9.17, 15) is 14.0 Å². The lowest BCUT2D eigenvalue weighted by Crippen LogP contribution is -2.46. The van der Waals surface area contributed by atoms with Crippen LogP contribution in [0.4, 0.5) is 10.3 Å². The van der Waals surface area contributed by atoms with Gasteiger partial charge in [0.25, 0.3) is 5.56 Å². The maximum absolute atomic E-state index is 14.6. The Kier molecular flexibility index (Phi) is 5.19. The van der Waals surface area contributed by atoms with Crippen LogP contribution in [0.2, 0.25) is 5.02 Å². The van der Waals surface area contributed by atoms with Gasteiger partial charge in [-0.1, -0.05) is 17.7 Å². The monoisotopic (exact) mass is 435 g/mol. The SMILES string of the molecule is C[C@@H]1CN(c2nc3c(c(=O)n(C)c(=O)n3C)n2Cc2c(F)cccc2Cl)C[C@@H](C)O1. The molecule has 3 aromatic rings. The summed E-state index contributed by atoms with van der Waals surface area (Å²) in [5.41, 5.74) is -0.243. The van der Waals surface area contributed by atoms with Gasteiger partial charge in [-0.15, -0.1) is 0 Å².